The van der Waals surface area contributed by atoms with Crippen molar-refractivity contribution in [1.82, 2.24) is 15.2 Å². The van der Waals surface area contributed by atoms with Crippen LogP contribution in [0.1, 0.15) is 18.4 Å². The highest BCUT2D eigenvalue weighted by atomic mass is 35.5. The largest absolute Gasteiger partial charge is 0.492 e. The Balaban J connectivity index is 1.31. The Bertz CT molecular complexity index is 1340. The van der Waals surface area contributed by atoms with Gasteiger partial charge in [0.05, 0.1) is 13.2 Å². The first kappa shape index (κ1) is 27.0. The number of para-hydroxylation sites is 2. The summed E-state index contributed by atoms with van der Waals surface area (Å²) in [5.74, 6) is 0.983. The van der Waals surface area contributed by atoms with Crippen LogP contribution in [-0.4, -0.2) is 48.2 Å². The fraction of sp³-hybridized carbons (Fsp3) is 0.250. The number of fused-ring (bicyclic) bond motifs is 1. The molecule has 1 amide bonds. The van der Waals surface area contributed by atoms with Crippen LogP contribution >= 0.6 is 11.6 Å². The Morgan fingerprint density at radius 1 is 1.03 bits per heavy atom. The summed E-state index contributed by atoms with van der Waals surface area (Å²) >= 11 is 5.98. The molecule has 0 aliphatic heterocycles. The van der Waals surface area contributed by atoms with E-state index in [0.29, 0.717) is 36.4 Å². The summed E-state index contributed by atoms with van der Waals surface area (Å²) in [7, 11) is 0. The average Bonchev–Trinajstić information content (AvgIpc) is 3.31. The number of esters is 1. The van der Waals surface area contributed by atoms with Crippen molar-refractivity contribution in [2.75, 3.05) is 26.3 Å². The molecule has 0 radical (unpaired) electrons. The monoisotopic (exact) mass is 537 g/mol. The van der Waals surface area contributed by atoms with Crippen molar-refractivity contribution < 1.29 is 28.2 Å². The Labute approximate surface area is 225 Å². The van der Waals surface area contributed by atoms with E-state index in [1.54, 1.807) is 25.1 Å². The zero-order valence-corrected chi connectivity index (χ0v) is 21.6. The number of carbonyl (C=O) groups excluding carboxylic acids is 2. The summed E-state index contributed by atoms with van der Waals surface area (Å²) in [4.78, 5) is 30.7. The first-order chi connectivity index (χ1) is 18.5. The highest BCUT2D eigenvalue weighted by molar-refractivity contribution is 6.30. The van der Waals surface area contributed by atoms with E-state index in [4.69, 9.17) is 30.2 Å². The first-order valence-corrected chi connectivity index (χ1v) is 12.5. The number of nitrogens with zero attached hydrogens (tertiary/aromatic N) is 2. The zero-order chi connectivity index (χ0) is 26.7. The van der Waals surface area contributed by atoms with E-state index in [1.807, 2.05) is 48.5 Å². The number of hydrogen-bond acceptors (Lipinski definition) is 8. The normalized spacial score (nSPS) is 10.8. The number of oxazole rings is 1. The number of ether oxygens (including phenoxy) is 3. The lowest BCUT2D eigenvalue weighted by Crippen LogP contribution is -2.38. The van der Waals surface area contributed by atoms with Crippen molar-refractivity contribution >= 4 is 34.8 Å². The molecule has 1 heterocycles. The standard InChI is InChI=1S/C28H28ClN3O6/c1-2-35-27(33)19-32(28(34)37-23-10-6-8-21(29)16-23)18-20-7-5-9-22(15-20)36-14-13-30-17-26-31-24-11-3-4-12-25(24)38-26/h3-12,15-16,30H,2,13-14,17-19H2,1H3. The number of hydrogen-bond donors (Lipinski definition) is 1. The molecule has 4 rings (SSSR count). The molecule has 0 atom stereocenters. The Morgan fingerprint density at radius 2 is 1.84 bits per heavy atom. The van der Waals surface area contributed by atoms with Gasteiger partial charge in [-0.05, 0) is 55.0 Å². The molecular weight excluding hydrogens is 510 g/mol. The van der Waals surface area contributed by atoms with Gasteiger partial charge in [-0.2, -0.15) is 0 Å². The molecule has 198 valence electrons. The minimum atomic E-state index is -0.699. The van der Waals surface area contributed by atoms with Crippen molar-refractivity contribution in [2.45, 2.75) is 20.0 Å². The predicted octanol–water partition coefficient (Wildman–Crippen LogP) is 5.21. The summed E-state index contributed by atoms with van der Waals surface area (Å²) in [5.41, 5.74) is 2.34. The molecular formula is C28H28ClN3O6. The highest BCUT2D eigenvalue weighted by Gasteiger charge is 2.21. The molecule has 0 saturated carbocycles. The number of carbonyl (C=O) groups is 2. The Kier molecular flexibility index (Phi) is 9.55. The van der Waals surface area contributed by atoms with Gasteiger partial charge in [-0.1, -0.05) is 41.9 Å². The minimum absolute atomic E-state index is 0.116. The second kappa shape index (κ2) is 13.5. The quantitative estimate of drug-likeness (QED) is 0.194. The van der Waals surface area contributed by atoms with Crippen LogP contribution in [0.2, 0.25) is 5.02 Å². The van der Waals surface area contributed by atoms with E-state index in [-0.39, 0.29) is 25.4 Å². The lowest BCUT2D eigenvalue weighted by Gasteiger charge is -2.21. The zero-order valence-electron chi connectivity index (χ0n) is 20.9. The molecule has 0 unspecified atom stereocenters. The number of amides is 1. The van der Waals surface area contributed by atoms with Gasteiger partial charge in [0, 0.05) is 18.1 Å². The van der Waals surface area contributed by atoms with E-state index in [1.165, 1.54) is 11.0 Å². The molecule has 0 saturated heterocycles. The van der Waals surface area contributed by atoms with E-state index in [0.717, 1.165) is 16.7 Å². The highest BCUT2D eigenvalue weighted by Crippen LogP contribution is 2.20. The van der Waals surface area contributed by atoms with Gasteiger partial charge < -0.3 is 23.9 Å². The van der Waals surface area contributed by atoms with Crippen LogP contribution in [0.5, 0.6) is 11.5 Å². The molecule has 38 heavy (non-hydrogen) atoms. The van der Waals surface area contributed by atoms with Crippen LogP contribution < -0.4 is 14.8 Å². The maximum absolute atomic E-state index is 12.9. The van der Waals surface area contributed by atoms with E-state index >= 15 is 0 Å². The molecule has 10 heteroatoms. The summed E-state index contributed by atoms with van der Waals surface area (Å²) in [6.45, 7) is 3.23. The van der Waals surface area contributed by atoms with Crippen LogP contribution in [0.3, 0.4) is 0 Å². The number of halogens is 1. The lowest BCUT2D eigenvalue weighted by atomic mass is 10.2. The van der Waals surface area contributed by atoms with E-state index in [9.17, 15) is 9.59 Å². The first-order valence-electron chi connectivity index (χ1n) is 12.1. The molecule has 0 aliphatic carbocycles. The number of benzene rings is 3. The van der Waals surface area contributed by atoms with Gasteiger partial charge >= 0.3 is 12.1 Å². The SMILES string of the molecule is CCOC(=O)CN(Cc1cccc(OCCNCc2nc3ccccc3o2)c1)C(=O)Oc1cccc(Cl)c1. The van der Waals surface area contributed by atoms with Crippen molar-refractivity contribution in [3.05, 3.63) is 89.3 Å². The third kappa shape index (κ3) is 7.96. The Hall–Kier alpha value is -4.08. The summed E-state index contributed by atoms with van der Waals surface area (Å²) in [6.07, 6.45) is -0.699. The summed E-state index contributed by atoms with van der Waals surface area (Å²) in [6, 6.07) is 21.4. The van der Waals surface area contributed by atoms with E-state index < -0.39 is 12.1 Å². The third-order valence-electron chi connectivity index (χ3n) is 5.32. The molecule has 0 fully saturated rings. The summed E-state index contributed by atoms with van der Waals surface area (Å²) < 4.78 is 22.0. The van der Waals surface area contributed by atoms with Gasteiger partial charge in [-0.15, -0.1) is 0 Å². The van der Waals surface area contributed by atoms with Crippen molar-refractivity contribution in [3.63, 3.8) is 0 Å². The maximum atomic E-state index is 12.9. The van der Waals surface area contributed by atoms with Gasteiger partial charge in [-0.3, -0.25) is 9.69 Å². The van der Waals surface area contributed by atoms with Gasteiger partial charge in [0.2, 0.25) is 5.89 Å². The average molecular weight is 538 g/mol. The third-order valence-corrected chi connectivity index (χ3v) is 5.55. The van der Waals surface area contributed by atoms with Gasteiger partial charge in [0.1, 0.15) is 30.2 Å². The second-order valence-corrected chi connectivity index (χ2v) is 8.67. The van der Waals surface area contributed by atoms with Crippen LogP contribution in [0.25, 0.3) is 11.1 Å². The molecule has 1 aromatic heterocycles. The molecule has 0 aliphatic rings. The smallest absolute Gasteiger partial charge is 0.416 e. The fourth-order valence-corrected chi connectivity index (χ4v) is 3.81. The molecule has 9 nitrogen and oxygen atoms in total. The number of rotatable bonds is 12. The Morgan fingerprint density at radius 3 is 2.66 bits per heavy atom. The van der Waals surface area contributed by atoms with Crippen molar-refractivity contribution in [2.24, 2.45) is 0 Å². The van der Waals surface area contributed by atoms with Crippen molar-refractivity contribution in [3.8, 4) is 11.5 Å². The van der Waals surface area contributed by atoms with Crippen LogP contribution in [0.15, 0.2) is 77.2 Å². The van der Waals surface area contributed by atoms with Gasteiger partial charge in [0.15, 0.2) is 5.58 Å². The number of nitrogens with one attached hydrogen (secondary N) is 1. The molecule has 4 aromatic rings. The number of aromatic nitrogens is 1. The van der Waals surface area contributed by atoms with E-state index in [2.05, 4.69) is 10.3 Å². The summed E-state index contributed by atoms with van der Waals surface area (Å²) in [5, 5.41) is 3.67. The van der Waals surface area contributed by atoms with Crippen LogP contribution in [0.4, 0.5) is 4.79 Å². The van der Waals surface area contributed by atoms with Crippen LogP contribution in [-0.2, 0) is 22.6 Å². The molecule has 3 aromatic carbocycles. The topological polar surface area (TPSA) is 103 Å². The lowest BCUT2D eigenvalue weighted by molar-refractivity contribution is -0.144. The van der Waals surface area contributed by atoms with Crippen molar-refractivity contribution in [1.29, 1.82) is 0 Å². The fourth-order valence-electron chi connectivity index (χ4n) is 3.63. The van der Waals surface area contributed by atoms with Gasteiger partial charge in [-0.25, -0.2) is 9.78 Å². The predicted molar refractivity (Wildman–Crippen MR) is 142 cm³/mol. The van der Waals surface area contributed by atoms with Gasteiger partial charge in [0.25, 0.3) is 0 Å². The second-order valence-electron chi connectivity index (χ2n) is 8.23. The van der Waals surface area contributed by atoms with Crippen LogP contribution in [0, 0.1) is 0 Å². The molecule has 1 N–H and O–H groups in total. The molecule has 0 bridgehead atoms. The minimum Gasteiger partial charge on any atom is -0.492 e. The molecule has 0 spiro atoms. The maximum Gasteiger partial charge on any atom is 0.416 e.